The number of nitrogens with one attached hydrogen (secondary N) is 1. The van der Waals surface area contributed by atoms with Gasteiger partial charge in [-0.05, 0) is 79.8 Å². The van der Waals surface area contributed by atoms with E-state index in [-0.39, 0.29) is 24.3 Å². The molecule has 0 aliphatic carbocycles. The van der Waals surface area contributed by atoms with E-state index in [0.717, 1.165) is 10.1 Å². The summed E-state index contributed by atoms with van der Waals surface area (Å²) < 4.78 is 6.37. The average molecular weight is 589 g/mol. The number of benzene rings is 1. The molecule has 1 atom stereocenters. The second-order valence-corrected chi connectivity index (χ2v) is 12.2. The van der Waals surface area contributed by atoms with Crippen molar-refractivity contribution in [1.29, 1.82) is 0 Å². The minimum atomic E-state index is -0.715. The van der Waals surface area contributed by atoms with Gasteiger partial charge in [0.15, 0.2) is 0 Å². The lowest BCUT2D eigenvalue weighted by Crippen LogP contribution is -2.47. The van der Waals surface area contributed by atoms with Crippen molar-refractivity contribution in [3.8, 4) is 0 Å². The number of carbonyl (C=O) groups is 3. The van der Waals surface area contributed by atoms with Crippen LogP contribution >= 0.6 is 34.5 Å². The number of nitrogens with zero attached hydrogens (tertiary/aromatic N) is 2. The van der Waals surface area contributed by atoms with E-state index in [9.17, 15) is 14.4 Å². The number of hydrogen-bond acceptors (Lipinski definition) is 6. The quantitative estimate of drug-likeness (QED) is 0.261. The van der Waals surface area contributed by atoms with Gasteiger partial charge in [0.05, 0.1) is 27.1 Å². The summed E-state index contributed by atoms with van der Waals surface area (Å²) in [7, 11) is 0. The number of rotatable bonds is 7. The van der Waals surface area contributed by atoms with Crippen molar-refractivity contribution in [1.82, 2.24) is 15.2 Å². The van der Waals surface area contributed by atoms with Crippen LogP contribution in [0.5, 0.6) is 0 Å². The molecule has 7 nitrogen and oxygen atoms in total. The third kappa shape index (κ3) is 7.59. The van der Waals surface area contributed by atoms with Crippen LogP contribution in [-0.2, 0) is 19.1 Å². The van der Waals surface area contributed by atoms with E-state index in [1.807, 2.05) is 17.5 Å². The van der Waals surface area contributed by atoms with Gasteiger partial charge in [-0.25, -0.2) is 0 Å². The third-order valence-corrected chi connectivity index (χ3v) is 8.35. The summed E-state index contributed by atoms with van der Waals surface area (Å²) in [6.45, 7) is 6.37. The zero-order valence-corrected chi connectivity index (χ0v) is 24.4. The molecule has 39 heavy (non-hydrogen) atoms. The molecule has 2 amide bonds. The van der Waals surface area contributed by atoms with Crippen LogP contribution < -0.4 is 5.32 Å². The van der Waals surface area contributed by atoms with E-state index >= 15 is 0 Å². The van der Waals surface area contributed by atoms with Crippen LogP contribution in [0.3, 0.4) is 0 Å². The molecule has 0 bridgehead atoms. The first-order chi connectivity index (χ1) is 18.5. The van der Waals surface area contributed by atoms with Crippen LogP contribution in [0, 0.1) is 0 Å². The molecular weight excluding hydrogens is 557 g/mol. The van der Waals surface area contributed by atoms with Crippen molar-refractivity contribution in [3.05, 3.63) is 69.3 Å². The highest BCUT2D eigenvalue weighted by Crippen LogP contribution is 2.37. The van der Waals surface area contributed by atoms with E-state index in [1.54, 1.807) is 56.3 Å². The van der Waals surface area contributed by atoms with E-state index in [4.69, 9.17) is 27.9 Å². The molecule has 3 aromatic rings. The number of thiophene rings is 1. The Balaban J connectivity index is 1.35. The topological polar surface area (TPSA) is 88.6 Å². The highest BCUT2D eigenvalue weighted by molar-refractivity contribution is 7.18. The number of pyridine rings is 1. The molecule has 206 valence electrons. The van der Waals surface area contributed by atoms with Gasteiger partial charge in [-0.3, -0.25) is 19.4 Å². The summed E-state index contributed by atoms with van der Waals surface area (Å²) in [4.78, 5) is 44.5. The first kappa shape index (κ1) is 29.1. The number of piperidine rings is 1. The summed E-state index contributed by atoms with van der Waals surface area (Å²) in [5.74, 6) is -1.55. The number of ether oxygens (including phenoxy) is 1. The summed E-state index contributed by atoms with van der Waals surface area (Å²) in [5, 5.41) is 6.91. The van der Waals surface area contributed by atoms with Crippen LogP contribution in [0.4, 0.5) is 0 Å². The Morgan fingerprint density at radius 1 is 1.21 bits per heavy atom. The van der Waals surface area contributed by atoms with Crippen molar-refractivity contribution >= 4 is 68.5 Å². The van der Waals surface area contributed by atoms with Crippen molar-refractivity contribution in [2.24, 2.45) is 0 Å². The molecule has 10 heteroatoms. The van der Waals surface area contributed by atoms with Gasteiger partial charge in [0.25, 0.3) is 0 Å². The molecule has 1 N–H and O–H groups in total. The molecule has 0 spiro atoms. The number of fused-ring (bicyclic) bond motifs is 1. The van der Waals surface area contributed by atoms with Gasteiger partial charge < -0.3 is 15.0 Å². The molecule has 1 saturated heterocycles. The standard InChI is InChI=1S/C29H31Cl2N3O4S/c1-29(2,3)38-24(36)16-22(20-5-4-11-32-17-20)28(37)33-21-8-12-34(13-9-21)23(35)7-6-18-15-19-10-14-39-27(19)26(31)25(18)30/h4-7,10-11,14-15,17,21-22H,8-9,12-13,16H2,1-3H3,(H,33,37)/b7-6+. The maximum absolute atomic E-state index is 13.3. The zero-order valence-electron chi connectivity index (χ0n) is 22.1. The molecule has 1 unspecified atom stereocenters. The lowest BCUT2D eigenvalue weighted by Gasteiger charge is -2.32. The highest BCUT2D eigenvalue weighted by Gasteiger charge is 2.30. The van der Waals surface area contributed by atoms with Crippen LogP contribution in [-0.4, -0.2) is 52.4 Å². The largest absolute Gasteiger partial charge is 0.460 e. The Hall–Kier alpha value is -2.94. The maximum Gasteiger partial charge on any atom is 0.307 e. The predicted octanol–water partition coefficient (Wildman–Crippen LogP) is 6.24. The number of amides is 2. The van der Waals surface area contributed by atoms with Crippen LogP contribution in [0.25, 0.3) is 16.2 Å². The van der Waals surface area contributed by atoms with Crippen molar-refractivity contribution in [2.45, 2.75) is 57.6 Å². The minimum absolute atomic E-state index is 0.0827. The molecule has 1 aliphatic heterocycles. The molecule has 0 saturated carbocycles. The predicted molar refractivity (Wildman–Crippen MR) is 156 cm³/mol. The number of aromatic nitrogens is 1. The Kier molecular flexibility index (Phi) is 9.31. The highest BCUT2D eigenvalue weighted by atomic mass is 35.5. The van der Waals surface area contributed by atoms with E-state index in [2.05, 4.69) is 10.3 Å². The molecule has 4 rings (SSSR count). The van der Waals surface area contributed by atoms with Gasteiger partial charge in [-0.15, -0.1) is 11.3 Å². The molecule has 3 heterocycles. The zero-order chi connectivity index (χ0) is 28.2. The number of esters is 1. The molecular formula is C29H31Cl2N3O4S. The Labute approximate surface area is 242 Å². The van der Waals surface area contributed by atoms with Crippen LogP contribution in [0.2, 0.25) is 10.0 Å². The second kappa shape index (κ2) is 12.5. The summed E-state index contributed by atoms with van der Waals surface area (Å²) >= 11 is 14.3. The normalized spacial score (nSPS) is 15.5. The molecule has 1 aliphatic rings. The average Bonchev–Trinajstić information content (AvgIpc) is 3.37. The van der Waals surface area contributed by atoms with Gasteiger partial charge in [0, 0.05) is 37.6 Å². The molecule has 0 radical (unpaired) electrons. The number of halogens is 2. The number of hydrogen-bond donors (Lipinski definition) is 1. The van der Waals surface area contributed by atoms with Crippen LogP contribution in [0.15, 0.2) is 48.1 Å². The Morgan fingerprint density at radius 2 is 1.95 bits per heavy atom. The number of likely N-dealkylation sites (tertiary alicyclic amines) is 1. The van der Waals surface area contributed by atoms with E-state index in [1.165, 1.54) is 17.4 Å². The smallest absolute Gasteiger partial charge is 0.307 e. The third-order valence-electron chi connectivity index (χ3n) is 6.40. The monoisotopic (exact) mass is 587 g/mol. The maximum atomic E-state index is 13.3. The second-order valence-electron chi connectivity index (χ2n) is 10.5. The lowest BCUT2D eigenvalue weighted by molar-refractivity contribution is -0.156. The van der Waals surface area contributed by atoms with E-state index < -0.39 is 17.5 Å². The van der Waals surface area contributed by atoms with Gasteiger partial charge in [-0.1, -0.05) is 29.3 Å². The van der Waals surface area contributed by atoms with Crippen molar-refractivity contribution in [2.75, 3.05) is 13.1 Å². The lowest BCUT2D eigenvalue weighted by atomic mass is 9.94. The summed E-state index contributed by atoms with van der Waals surface area (Å²) in [5.41, 5.74) is 0.697. The SMILES string of the molecule is CC(C)(C)OC(=O)CC(C(=O)NC1CCN(C(=O)/C=C/c2cc3ccsc3c(Cl)c2Cl)CC1)c1cccnc1. The fourth-order valence-corrected chi connectivity index (χ4v) is 5.94. The van der Waals surface area contributed by atoms with E-state index in [0.29, 0.717) is 47.1 Å². The minimum Gasteiger partial charge on any atom is -0.460 e. The van der Waals surface area contributed by atoms with Gasteiger partial charge in [0.1, 0.15) is 5.60 Å². The fraction of sp³-hybridized carbons (Fsp3) is 0.379. The first-order valence-electron chi connectivity index (χ1n) is 12.8. The fourth-order valence-electron chi connectivity index (χ4n) is 4.50. The van der Waals surface area contributed by atoms with Crippen molar-refractivity contribution < 1.29 is 19.1 Å². The summed E-state index contributed by atoms with van der Waals surface area (Å²) in [6.07, 6.45) is 7.54. The molecule has 1 fully saturated rings. The Bertz CT molecular complexity index is 1380. The van der Waals surface area contributed by atoms with Gasteiger partial charge in [-0.2, -0.15) is 0 Å². The van der Waals surface area contributed by atoms with Gasteiger partial charge in [0.2, 0.25) is 11.8 Å². The number of carbonyl (C=O) groups excluding carboxylic acids is 3. The molecule has 1 aromatic carbocycles. The summed E-state index contributed by atoms with van der Waals surface area (Å²) in [6, 6.07) is 7.29. The van der Waals surface area contributed by atoms with Gasteiger partial charge >= 0.3 is 5.97 Å². The first-order valence-corrected chi connectivity index (χ1v) is 14.4. The van der Waals surface area contributed by atoms with Crippen molar-refractivity contribution in [3.63, 3.8) is 0 Å². The van der Waals surface area contributed by atoms with Crippen LogP contribution in [0.1, 0.15) is 57.1 Å². The Morgan fingerprint density at radius 3 is 2.62 bits per heavy atom. The molecule has 2 aromatic heterocycles.